The van der Waals surface area contributed by atoms with Gasteiger partial charge < -0.3 is 0 Å². The van der Waals surface area contributed by atoms with Crippen LogP contribution in [0.15, 0.2) is 48.8 Å². The molecule has 1 fully saturated rings. The molecule has 1 aromatic carbocycles. The fraction of sp³-hybridized carbons (Fsp3) is 0.450. The molecule has 3 heterocycles. The summed E-state index contributed by atoms with van der Waals surface area (Å²) in [6.45, 7) is 3.91. The van der Waals surface area contributed by atoms with Gasteiger partial charge in [0.15, 0.2) is 0 Å². The zero-order valence-corrected chi connectivity index (χ0v) is 16.0. The molecule has 2 aliphatic heterocycles. The highest BCUT2D eigenvalue weighted by Crippen LogP contribution is 2.39. The molecular weight excluding hydrogens is 346 g/mol. The van der Waals surface area contributed by atoms with E-state index in [1.54, 1.807) is 4.31 Å². The second kappa shape index (κ2) is 6.76. The summed E-state index contributed by atoms with van der Waals surface area (Å²) in [6, 6.07) is 12.4. The van der Waals surface area contributed by atoms with Crippen LogP contribution < -0.4 is 0 Å². The maximum absolute atomic E-state index is 12.4. The predicted molar refractivity (Wildman–Crippen MR) is 102 cm³/mol. The van der Waals surface area contributed by atoms with Crippen LogP contribution in [-0.4, -0.2) is 48.5 Å². The van der Waals surface area contributed by atoms with Crippen LogP contribution in [0, 0.1) is 5.41 Å². The van der Waals surface area contributed by atoms with E-state index in [0.29, 0.717) is 13.1 Å². The Morgan fingerprint density at radius 2 is 1.81 bits per heavy atom. The Labute approximate surface area is 155 Å². The van der Waals surface area contributed by atoms with E-state index in [4.69, 9.17) is 0 Å². The third kappa shape index (κ3) is 3.68. The van der Waals surface area contributed by atoms with Gasteiger partial charge in [-0.25, -0.2) is 8.42 Å². The Hall–Kier alpha value is -1.76. The molecule has 6 heteroatoms. The Bertz CT molecular complexity index is 885. The molecule has 1 aromatic heterocycles. The van der Waals surface area contributed by atoms with Gasteiger partial charge in [0, 0.05) is 44.0 Å². The number of aromatic nitrogens is 1. The van der Waals surface area contributed by atoms with Crippen molar-refractivity contribution in [1.82, 2.24) is 14.2 Å². The van der Waals surface area contributed by atoms with Gasteiger partial charge in [0.2, 0.25) is 10.0 Å². The predicted octanol–water partition coefficient (Wildman–Crippen LogP) is 2.29. The first-order valence-electron chi connectivity index (χ1n) is 9.07. The lowest BCUT2D eigenvalue weighted by molar-refractivity contribution is 0.207. The van der Waals surface area contributed by atoms with Crippen LogP contribution >= 0.6 is 0 Å². The van der Waals surface area contributed by atoms with Gasteiger partial charge in [-0.2, -0.15) is 4.31 Å². The first kappa shape index (κ1) is 17.6. The van der Waals surface area contributed by atoms with E-state index in [1.807, 2.05) is 18.5 Å². The van der Waals surface area contributed by atoms with Crippen molar-refractivity contribution in [2.75, 3.05) is 25.9 Å². The number of sulfonamides is 1. The maximum Gasteiger partial charge on any atom is 0.211 e. The minimum Gasteiger partial charge on any atom is -0.298 e. The number of nitrogens with zero attached hydrogens (tertiary/aromatic N) is 3. The number of pyridine rings is 1. The van der Waals surface area contributed by atoms with Crippen LogP contribution in [-0.2, 0) is 29.5 Å². The average molecular weight is 372 g/mol. The highest BCUT2D eigenvalue weighted by atomic mass is 32.2. The molecule has 1 spiro atoms. The van der Waals surface area contributed by atoms with E-state index < -0.39 is 10.0 Å². The summed E-state index contributed by atoms with van der Waals surface area (Å²) < 4.78 is 26.4. The van der Waals surface area contributed by atoms with Crippen molar-refractivity contribution in [2.45, 2.75) is 25.9 Å². The lowest BCUT2D eigenvalue weighted by Crippen LogP contribution is -2.41. The molecule has 0 radical (unpaired) electrons. The Balaban J connectivity index is 1.60. The van der Waals surface area contributed by atoms with Crippen LogP contribution in [0.2, 0.25) is 0 Å². The van der Waals surface area contributed by atoms with Crippen LogP contribution in [0.5, 0.6) is 0 Å². The fourth-order valence-corrected chi connectivity index (χ4v) is 5.26. The largest absolute Gasteiger partial charge is 0.298 e. The number of likely N-dealkylation sites (tertiary alicyclic amines) is 1. The highest BCUT2D eigenvalue weighted by Gasteiger charge is 2.43. The first-order valence-corrected chi connectivity index (χ1v) is 10.9. The van der Waals surface area contributed by atoms with Gasteiger partial charge in [-0.15, -0.1) is 0 Å². The van der Waals surface area contributed by atoms with Gasteiger partial charge in [-0.1, -0.05) is 24.3 Å². The van der Waals surface area contributed by atoms with E-state index in [1.165, 1.54) is 17.4 Å². The van der Waals surface area contributed by atoms with Crippen molar-refractivity contribution in [2.24, 2.45) is 5.41 Å². The molecule has 0 N–H and O–H groups in total. The molecule has 1 unspecified atom stereocenters. The van der Waals surface area contributed by atoms with Crippen LogP contribution in [0.25, 0.3) is 0 Å². The molecule has 26 heavy (non-hydrogen) atoms. The summed E-state index contributed by atoms with van der Waals surface area (Å²) in [5, 5.41) is 0. The molecule has 1 atom stereocenters. The minimum absolute atomic E-state index is 0.0112. The van der Waals surface area contributed by atoms with Gasteiger partial charge in [0.1, 0.15) is 0 Å². The zero-order valence-electron chi connectivity index (χ0n) is 15.1. The maximum atomic E-state index is 12.4. The smallest absolute Gasteiger partial charge is 0.211 e. The Kier molecular flexibility index (Phi) is 4.59. The van der Waals surface area contributed by atoms with Gasteiger partial charge in [0.25, 0.3) is 0 Å². The van der Waals surface area contributed by atoms with Crippen LogP contribution in [0.1, 0.15) is 23.1 Å². The number of benzene rings is 1. The molecule has 2 aromatic rings. The van der Waals surface area contributed by atoms with Crippen molar-refractivity contribution in [1.29, 1.82) is 0 Å². The quantitative estimate of drug-likeness (QED) is 0.831. The molecule has 0 bridgehead atoms. The third-order valence-electron chi connectivity index (χ3n) is 5.68. The molecule has 138 valence electrons. The normalized spacial score (nSPS) is 24.5. The van der Waals surface area contributed by atoms with Crippen molar-refractivity contribution in [3.63, 3.8) is 0 Å². The van der Waals surface area contributed by atoms with Gasteiger partial charge in [0.05, 0.1) is 6.26 Å². The minimum atomic E-state index is -3.23. The van der Waals surface area contributed by atoms with E-state index in [-0.39, 0.29) is 5.41 Å². The summed E-state index contributed by atoms with van der Waals surface area (Å²) in [4.78, 5) is 6.53. The fourth-order valence-electron chi connectivity index (χ4n) is 4.38. The zero-order chi connectivity index (χ0) is 18.2. The monoisotopic (exact) mass is 371 g/mol. The molecular formula is C20H25N3O2S. The number of fused-ring (bicyclic) bond motifs is 1. The summed E-state index contributed by atoms with van der Waals surface area (Å²) in [6.07, 6.45) is 6.96. The highest BCUT2D eigenvalue weighted by molar-refractivity contribution is 7.88. The molecule has 1 saturated heterocycles. The Morgan fingerprint density at radius 1 is 1.08 bits per heavy atom. The van der Waals surface area contributed by atoms with Gasteiger partial charge in [-0.05, 0) is 48.2 Å². The molecule has 0 saturated carbocycles. The number of hydrogen-bond donors (Lipinski definition) is 0. The second-order valence-electron chi connectivity index (χ2n) is 7.79. The van der Waals surface area contributed by atoms with E-state index in [0.717, 1.165) is 38.0 Å². The average Bonchev–Trinajstić information content (AvgIpc) is 2.89. The van der Waals surface area contributed by atoms with Crippen molar-refractivity contribution < 1.29 is 8.42 Å². The lowest BCUT2D eigenvalue weighted by Gasteiger charge is -2.32. The first-order chi connectivity index (χ1) is 12.4. The standard InChI is InChI=1S/C20H25N3O2S/c1-26(24,25)23-14-19-5-3-2-4-18(19)12-20(16-23)8-11-22(15-20)13-17-6-9-21-10-7-17/h2-7,9-10H,8,11-16H2,1H3. The third-order valence-corrected chi connectivity index (χ3v) is 6.88. The summed E-state index contributed by atoms with van der Waals surface area (Å²) in [5.41, 5.74) is 3.68. The van der Waals surface area contributed by atoms with E-state index in [2.05, 4.69) is 40.2 Å². The summed E-state index contributed by atoms with van der Waals surface area (Å²) in [5.74, 6) is 0. The summed E-state index contributed by atoms with van der Waals surface area (Å²) in [7, 11) is -3.23. The molecule has 5 nitrogen and oxygen atoms in total. The van der Waals surface area contributed by atoms with E-state index in [9.17, 15) is 8.42 Å². The molecule has 4 rings (SSSR count). The molecule has 0 aliphatic carbocycles. The number of hydrogen-bond acceptors (Lipinski definition) is 4. The van der Waals surface area contributed by atoms with E-state index >= 15 is 0 Å². The van der Waals surface area contributed by atoms with Gasteiger partial charge >= 0.3 is 0 Å². The van der Waals surface area contributed by atoms with Crippen molar-refractivity contribution >= 4 is 10.0 Å². The van der Waals surface area contributed by atoms with Crippen molar-refractivity contribution in [3.05, 3.63) is 65.5 Å². The number of rotatable bonds is 3. The topological polar surface area (TPSA) is 53.5 Å². The molecule has 2 aliphatic rings. The second-order valence-corrected chi connectivity index (χ2v) is 9.78. The SMILES string of the molecule is CS(=O)(=O)N1Cc2ccccc2CC2(CCN(Cc3ccncc3)C2)C1. The lowest BCUT2D eigenvalue weighted by atomic mass is 9.80. The van der Waals surface area contributed by atoms with Gasteiger partial charge in [-0.3, -0.25) is 9.88 Å². The van der Waals surface area contributed by atoms with Crippen LogP contribution in [0.3, 0.4) is 0 Å². The molecule has 0 amide bonds. The summed E-state index contributed by atoms with van der Waals surface area (Å²) >= 11 is 0. The van der Waals surface area contributed by atoms with Crippen molar-refractivity contribution in [3.8, 4) is 0 Å². The Morgan fingerprint density at radius 3 is 2.54 bits per heavy atom. The van der Waals surface area contributed by atoms with Crippen LogP contribution in [0.4, 0.5) is 0 Å².